The van der Waals surface area contributed by atoms with E-state index in [4.69, 9.17) is 24.3 Å². The number of carbonyl (C=O) groups is 1. The molecule has 1 aliphatic heterocycles. The quantitative estimate of drug-likeness (QED) is 0.180. The third kappa shape index (κ3) is 5.83. The van der Waals surface area contributed by atoms with Gasteiger partial charge in [0.25, 0.3) is 0 Å². The van der Waals surface area contributed by atoms with Crippen LogP contribution in [-0.4, -0.2) is 73.0 Å². The van der Waals surface area contributed by atoms with Gasteiger partial charge in [0.05, 0.1) is 18.2 Å². The smallest absolute Gasteiger partial charge is 0.459 e. The van der Waals surface area contributed by atoms with Crippen LogP contribution in [-0.2, 0) is 23.4 Å². The Kier molecular flexibility index (Phi) is 8.48. The van der Waals surface area contributed by atoms with Gasteiger partial charge in [0, 0.05) is 0 Å². The first-order valence-electron chi connectivity index (χ1n) is 14.8. The molecule has 3 heterocycles. The highest BCUT2D eigenvalue weighted by molar-refractivity contribution is 7.52. The van der Waals surface area contributed by atoms with Gasteiger partial charge in [-0.15, -0.1) is 0 Å². The van der Waals surface area contributed by atoms with Gasteiger partial charge in [0.2, 0.25) is 5.60 Å². The maximum absolute atomic E-state index is 14.2. The van der Waals surface area contributed by atoms with Crippen molar-refractivity contribution in [2.24, 2.45) is 11.8 Å². The van der Waals surface area contributed by atoms with Gasteiger partial charge in [-0.05, 0) is 62.8 Å². The normalized spacial score (nSPS) is 32.1. The van der Waals surface area contributed by atoms with Gasteiger partial charge in [-0.3, -0.25) is 9.32 Å². The molecule has 47 heavy (non-hydrogen) atoms. The van der Waals surface area contributed by atoms with E-state index in [1.54, 1.807) is 24.3 Å². The second-order valence-corrected chi connectivity index (χ2v) is 13.6. The maximum atomic E-state index is 14.2. The van der Waals surface area contributed by atoms with Crippen molar-refractivity contribution in [3.63, 3.8) is 0 Å². The Morgan fingerprint density at radius 2 is 1.96 bits per heavy atom. The third-order valence-electron chi connectivity index (χ3n) is 8.99. The Labute approximate surface area is 266 Å². The van der Waals surface area contributed by atoms with E-state index in [-0.39, 0.29) is 55.5 Å². The summed E-state index contributed by atoms with van der Waals surface area (Å²) in [6.45, 7) is 1.18. The van der Waals surface area contributed by atoms with E-state index >= 15 is 0 Å². The molecule has 14 nitrogen and oxygen atoms in total. The van der Waals surface area contributed by atoms with Crippen LogP contribution < -0.4 is 15.3 Å². The molecule has 7 atom stereocenters. The fourth-order valence-electron chi connectivity index (χ4n) is 6.30. The molecule has 1 aromatic carbocycles. The van der Waals surface area contributed by atoms with Crippen LogP contribution in [0.25, 0.3) is 5.52 Å². The van der Waals surface area contributed by atoms with E-state index < -0.39 is 61.4 Å². The first-order chi connectivity index (χ1) is 22.2. The molecular weight excluding hydrogens is 648 g/mol. The Hall–Kier alpha value is -3.78. The van der Waals surface area contributed by atoms with E-state index in [2.05, 4.69) is 15.2 Å². The highest BCUT2D eigenvalue weighted by Crippen LogP contribution is 2.68. The van der Waals surface area contributed by atoms with Gasteiger partial charge in [0.1, 0.15) is 41.9 Å². The van der Waals surface area contributed by atoms with E-state index in [0.29, 0.717) is 5.52 Å². The minimum absolute atomic E-state index is 0.0467. The van der Waals surface area contributed by atoms with Crippen molar-refractivity contribution in [2.75, 3.05) is 12.3 Å². The fraction of sp³-hybridized carbons (Fsp3) is 0.517. The zero-order valence-electron chi connectivity index (χ0n) is 24.9. The van der Waals surface area contributed by atoms with Crippen molar-refractivity contribution in [3.8, 4) is 11.8 Å². The number of aliphatic hydroxyl groups is 2. The number of carbonyl (C=O) groups excluding carboxylic acids is 1. The number of anilines is 1. The maximum Gasteiger partial charge on any atom is 0.459 e. The first kappa shape index (κ1) is 33.1. The summed E-state index contributed by atoms with van der Waals surface area (Å²) in [6.07, 6.45) is -7.49. The molecule has 6 rings (SSSR count). The second kappa shape index (κ2) is 12.0. The van der Waals surface area contributed by atoms with Gasteiger partial charge in [-0.25, -0.2) is 14.1 Å². The average molecular weight is 681 g/mol. The lowest BCUT2D eigenvalue weighted by Gasteiger charge is -2.30. The molecule has 5 N–H and O–H groups in total. The van der Waals surface area contributed by atoms with Crippen LogP contribution in [0.5, 0.6) is 5.75 Å². The number of aliphatic hydroxyl groups excluding tert-OH is 1. The number of nitrogens with zero attached hydrogens (tertiary/aromatic N) is 4. The van der Waals surface area contributed by atoms with Crippen molar-refractivity contribution >= 4 is 25.1 Å². The predicted molar refractivity (Wildman–Crippen MR) is 155 cm³/mol. The summed E-state index contributed by atoms with van der Waals surface area (Å²) in [4.78, 5) is 16.8. The van der Waals surface area contributed by atoms with E-state index in [1.165, 1.54) is 36.0 Å². The number of nitrogen functional groups attached to an aromatic ring is 1. The van der Waals surface area contributed by atoms with Crippen LogP contribution in [0.3, 0.4) is 0 Å². The molecule has 2 unspecified atom stereocenters. The number of ether oxygens (including phenoxy) is 2. The minimum atomic E-state index is -4.65. The Morgan fingerprint density at radius 3 is 2.60 bits per heavy atom. The SMILES string of the molecule is C[C@H](NP(=O)(Oc1ccccc1)OC1[C@@]2(C#N)O[C@@H](c3ccc4c(N)ncnn34)[C@H](O)[C@@]12O)C(=O)OCC1CCC(C(F)(F)F)CC1. The molecule has 18 heteroatoms. The monoisotopic (exact) mass is 680 g/mol. The van der Waals surface area contributed by atoms with Gasteiger partial charge >= 0.3 is 19.9 Å². The lowest BCUT2D eigenvalue weighted by molar-refractivity contribution is -0.185. The molecule has 1 saturated heterocycles. The summed E-state index contributed by atoms with van der Waals surface area (Å²) in [7, 11) is -4.65. The van der Waals surface area contributed by atoms with Crippen LogP contribution >= 0.6 is 7.75 Å². The lowest BCUT2D eigenvalue weighted by Crippen LogP contribution is -2.39. The highest BCUT2D eigenvalue weighted by Gasteiger charge is 2.90. The molecule has 3 fully saturated rings. The third-order valence-corrected chi connectivity index (χ3v) is 10.6. The molecule has 3 aliphatic rings. The van der Waals surface area contributed by atoms with E-state index in [0.717, 1.165) is 0 Å². The number of hydrogen-bond donors (Lipinski definition) is 4. The fourth-order valence-corrected chi connectivity index (χ4v) is 8.02. The number of rotatable bonds is 10. The molecule has 0 bridgehead atoms. The molecule has 2 saturated carbocycles. The number of nitrogens with two attached hydrogens (primary N) is 1. The summed E-state index contributed by atoms with van der Waals surface area (Å²) < 4.78 is 77.1. The van der Waals surface area contributed by atoms with Crippen molar-refractivity contribution in [3.05, 3.63) is 54.5 Å². The van der Waals surface area contributed by atoms with Crippen molar-refractivity contribution in [1.29, 1.82) is 5.26 Å². The van der Waals surface area contributed by atoms with Gasteiger partial charge in [0.15, 0.2) is 17.5 Å². The number of nitriles is 1. The van der Waals surface area contributed by atoms with Crippen molar-refractivity contribution < 1.29 is 51.3 Å². The molecule has 2 aliphatic carbocycles. The Bertz CT molecular complexity index is 1730. The minimum Gasteiger partial charge on any atom is -0.464 e. The second-order valence-electron chi connectivity index (χ2n) is 12.0. The number of esters is 1. The van der Waals surface area contributed by atoms with Crippen molar-refractivity contribution in [1.82, 2.24) is 19.7 Å². The summed E-state index contributed by atoms with van der Waals surface area (Å²) >= 11 is 0. The predicted octanol–water partition coefficient (Wildman–Crippen LogP) is 3.21. The summed E-state index contributed by atoms with van der Waals surface area (Å²) in [5.41, 5.74) is 1.95. The molecule has 0 amide bonds. The molecule has 0 spiro atoms. The van der Waals surface area contributed by atoms with Gasteiger partial charge in [-0.1, -0.05) is 18.2 Å². The lowest BCUT2D eigenvalue weighted by atomic mass is 9.82. The standard InChI is InChI=1S/C29H32F3N6O8P/c1-16(25(40)43-13-17-7-9-18(10-8-17)29(30,31)32)37-47(42,45-19-5-3-2-4-6-19)46-26-27(14-33)28(26,41)23(39)22(44-27)20-11-12-21-24(34)35-15-36-38(20)21/h2-6,11-12,15-18,22-23,26,39,41H,7-10,13H2,1H3,(H,37,42)(H2,34,35,36)/t16-,17?,18?,22-,23-,26?,27+,28+,47?/m0/s1. The molecule has 3 aromatic rings. The number of hydrogen-bond acceptors (Lipinski definition) is 12. The molecular formula is C29H32F3N6O8P. The Balaban J connectivity index is 1.16. The van der Waals surface area contributed by atoms with Crippen LogP contribution in [0.1, 0.15) is 44.4 Å². The van der Waals surface area contributed by atoms with Crippen LogP contribution in [0.4, 0.5) is 19.0 Å². The highest BCUT2D eigenvalue weighted by atomic mass is 31.2. The number of aromatic nitrogens is 3. The average Bonchev–Trinajstić information content (AvgIpc) is 3.28. The summed E-state index contributed by atoms with van der Waals surface area (Å²) in [6, 6.07) is 11.3. The molecule has 252 valence electrons. The topological polar surface area (TPSA) is 204 Å². The first-order valence-corrected chi connectivity index (χ1v) is 16.4. The van der Waals surface area contributed by atoms with E-state index in [9.17, 15) is 38.0 Å². The van der Waals surface area contributed by atoms with Crippen molar-refractivity contribution in [2.45, 2.75) is 74.3 Å². The number of fused-ring (bicyclic) bond motifs is 2. The van der Waals surface area contributed by atoms with E-state index in [1.807, 2.05) is 6.07 Å². The largest absolute Gasteiger partial charge is 0.464 e. The summed E-state index contributed by atoms with van der Waals surface area (Å²) in [5, 5.41) is 39.5. The van der Waals surface area contributed by atoms with Crippen LogP contribution in [0.2, 0.25) is 0 Å². The zero-order chi connectivity index (χ0) is 33.8. The zero-order valence-corrected chi connectivity index (χ0v) is 25.8. The number of benzene rings is 1. The van der Waals surface area contributed by atoms with Gasteiger partial charge in [-0.2, -0.15) is 28.6 Å². The molecule has 0 radical (unpaired) electrons. The number of alkyl halides is 3. The van der Waals surface area contributed by atoms with Crippen LogP contribution in [0.15, 0.2) is 48.8 Å². The molecule has 2 aromatic heterocycles. The summed E-state index contributed by atoms with van der Waals surface area (Å²) in [5.74, 6) is -2.34. The Morgan fingerprint density at radius 1 is 1.26 bits per heavy atom. The number of para-hydroxylation sites is 1. The van der Waals surface area contributed by atoms with Gasteiger partial charge < -0.3 is 29.9 Å². The number of halogens is 3. The van der Waals surface area contributed by atoms with Crippen LogP contribution in [0, 0.1) is 23.2 Å². The number of nitrogens with one attached hydrogen (secondary N) is 1.